The van der Waals surface area contributed by atoms with Crippen molar-refractivity contribution in [2.24, 2.45) is 5.10 Å². The van der Waals surface area contributed by atoms with Crippen LogP contribution < -0.4 is 11.0 Å². The summed E-state index contributed by atoms with van der Waals surface area (Å²) in [7, 11) is 0. The first-order valence-electron chi connectivity index (χ1n) is 8.25. The summed E-state index contributed by atoms with van der Waals surface area (Å²) in [6.07, 6.45) is 0.696. The van der Waals surface area contributed by atoms with Crippen molar-refractivity contribution in [1.82, 2.24) is 9.55 Å². The van der Waals surface area contributed by atoms with Gasteiger partial charge in [-0.2, -0.15) is 5.10 Å². The standard InChI is InChI=1S/C19H20N4O2/c1-3-16(13-9-11-14(24)12-10-13)21-22-19-20-17-8-6-5-7-15(17)18(25)23(19)4-2/h5-12,24H,3-4H2,1-2H3,(H,20,22)/b21-16+. The molecule has 0 spiro atoms. The predicted molar refractivity (Wildman–Crippen MR) is 100 cm³/mol. The Bertz CT molecular complexity index is 975. The van der Waals surface area contributed by atoms with E-state index in [2.05, 4.69) is 15.5 Å². The number of hydrogen-bond donors (Lipinski definition) is 2. The zero-order valence-corrected chi connectivity index (χ0v) is 14.2. The number of hydrogen-bond acceptors (Lipinski definition) is 5. The lowest BCUT2D eigenvalue weighted by Gasteiger charge is -2.12. The molecule has 0 atom stereocenters. The van der Waals surface area contributed by atoms with Crippen LogP contribution in [0.15, 0.2) is 58.4 Å². The van der Waals surface area contributed by atoms with Crippen LogP contribution in [-0.2, 0) is 6.54 Å². The van der Waals surface area contributed by atoms with Crippen LogP contribution in [-0.4, -0.2) is 20.4 Å². The molecule has 0 aliphatic heterocycles. The molecule has 3 rings (SSSR count). The summed E-state index contributed by atoms with van der Waals surface area (Å²) in [6, 6.07) is 14.1. The van der Waals surface area contributed by atoms with Crippen molar-refractivity contribution in [3.63, 3.8) is 0 Å². The van der Waals surface area contributed by atoms with Crippen molar-refractivity contribution >= 4 is 22.6 Å². The van der Waals surface area contributed by atoms with Gasteiger partial charge >= 0.3 is 0 Å². The quantitative estimate of drug-likeness (QED) is 0.553. The second kappa shape index (κ2) is 7.17. The van der Waals surface area contributed by atoms with E-state index >= 15 is 0 Å². The number of rotatable bonds is 5. The largest absolute Gasteiger partial charge is 0.508 e. The van der Waals surface area contributed by atoms with Crippen molar-refractivity contribution in [3.05, 3.63) is 64.4 Å². The first kappa shape index (κ1) is 16.7. The van der Waals surface area contributed by atoms with E-state index in [1.165, 1.54) is 0 Å². The maximum Gasteiger partial charge on any atom is 0.262 e. The molecule has 1 aromatic heterocycles. The minimum atomic E-state index is -0.0894. The van der Waals surface area contributed by atoms with E-state index < -0.39 is 0 Å². The van der Waals surface area contributed by atoms with Gasteiger partial charge in [-0.3, -0.25) is 9.36 Å². The minimum absolute atomic E-state index is 0.0894. The van der Waals surface area contributed by atoms with Crippen LogP contribution in [0.25, 0.3) is 10.9 Å². The van der Waals surface area contributed by atoms with E-state index in [9.17, 15) is 9.90 Å². The van der Waals surface area contributed by atoms with Gasteiger partial charge in [0.1, 0.15) is 5.75 Å². The molecular formula is C19H20N4O2. The lowest BCUT2D eigenvalue weighted by atomic mass is 10.1. The Morgan fingerprint density at radius 1 is 1.16 bits per heavy atom. The van der Waals surface area contributed by atoms with Crippen LogP contribution in [0.1, 0.15) is 25.8 Å². The fraction of sp³-hybridized carbons (Fsp3) is 0.211. The zero-order chi connectivity index (χ0) is 17.8. The molecule has 0 radical (unpaired) electrons. The van der Waals surface area contributed by atoms with Crippen LogP contribution in [0, 0.1) is 0 Å². The Morgan fingerprint density at radius 3 is 2.56 bits per heavy atom. The average Bonchev–Trinajstić information content (AvgIpc) is 2.64. The predicted octanol–water partition coefficient (Wildman–Crippen LogP) is 3.35. The highest BCUT2D eigenvalue weighted by molar-refractivity contribution is 6.00. The van der Waals surface area contributed by atoms with Gasteiger partial charge in [0.2, 0.25) is 5.95 Å². The molecule has 0 saturated heterocycles. The molecule has 0 aliphatic carbocycles. The Labute approximate surface area is 145 Å². The van der Waals surface area contributed by atoms with E-state index in [4.69, 9.17) is 0 Å². The van der Waals surface area contributed by atoms with Crippen LogP contribution in [0.2, 0.25) is 0 Å². The molecule has 0 amide bonds. The zero-order valence-electron chi connectivity index (χ0n) is 14.2. The Hall–Kier alpha value is -3.15. The summed E-state index contributed by atoms with van der Waals surface area (Å²) in [5, 5.41) is 14.4. The summed E-state index contributed by atoms with van der Waals surface area (Å²) in [5.74, 6) is 0.624. The maximum absolute atomic E-state index is 12.6. The molecule has 2 N–H and O–H groups in total. The number of nitrogens with zero attached hydrogens (tertiary/aromatic N) is 3. The normalized spacial score (nSPS) is 11.7. The Kier molecular flexibility index (Phi) is 4.79. The van der Waals surface area contributed by atoms with E-state index in [0.29, 0.717) is 29.8 Å². The molecule has 128 valence electrons. The first-order valence-corrected chi connectivity index (χ1v) is 8.25. The number of phenols is 1. The molecule has 3 aromatic rings. The van der Waals surface area contributed by atoms with Gasteiger partial charge < -0.3 is 5.11 Å². The molecule has 6 heteroatoms. The summed E-state index contributed by atoms with van der Waals surface area (Å²) < 4.78 is 1.57. The van der Waals surface area contributed by atoms with Crippen molar-refractivity contribution in [2.45, 2.75) is 26.8 Å². The Morgan fingerprint density at radius 2 is 1.88 bits per heavy atom. The summed E-state index contributed by atoms with van der Waals surface area (Å²) in [5.41, 5.74) is 5.20. The van der Waals surface area contributed by atoms with Crippen molar-refractivity contribution in [2.75, 3.05) is 5.43 Å². The van der Waals surface area contributed by atoms with Crippen LogP contribution in [0.5, 0.6) is 5.75 Å². The topological polar surface area (TPSA) is 79.5 Å². The SMILES string of the molecule is CC/C(=N\Nc1nc2ccccc2c(=O)n1CC)c1ccc(O)cc1. The highest BCUT2D eigenvalue weighted by atomic mass is 16.3. The molecule has 0 unspecified atom stereocenters. The number of aromatic hydroxyl groups is 1. The fourth-order valence-electron chi connectivity index (χ4n) is 2.67. The second-order valence-corrected chi connectivity index (χ2v) is 5.57. The van der Waals surface area contributed by atoms with Gasteiger partial charge in [-0.25, -0.2) is 10.4 Å². The molecule has 0 saturated carbocycles. The number of para-hydroxylation sites is 1. The highest BCUT2D eigenvalue weighted by Gasteiger charge is 2.09. The van der Waals surface area contributed by atoms with E-state index in [1.807, 2.05) is 32.0 Å². The number of aromatic nitrogens is 2. The fourth-order valence-corrected chi connectivity index (χ4v) is 2.67. The molecule has 25 heavy (non-hydrogen) atoms. The van der Waals surface area contributed by atoms with Crippen LogP contribution in [0.4, 0.5) is 5.95 Å². The van der Waals surface area contributed by atoms with E-state index in [1.54, 1.807) is 34.9 Å². The lowest BCUT2D eigenvalue weighted by Crippen LogP contribution is -2.23. The minimum Gasteiger partial charge on any atom is -0.508 e. The molecule has 6 nitrogen and oxygen atoms in total. The van der Waals surface area contributed by atoms with Gasteiger partial charge in [-0.15, -0.1) is 0 Å². The summed E-state index contributed by atoms with van der Waals surface area (Å²) in [4.78, 5) is 17.1. The van der Waals surface area contributed by atoms with Gasteiger partial charge in [-0.1, -0.05) is 19.1 Å². The number of fused-ring (bicyclic) bond motifs is 1. The highest BCUT2D eigenvalue weighted by Crippen LogP contribution is 2.14. The first-order chi connectivity index (χ1) is 12.1. The van der Waals surface area contributed by atoms with E-state index in [0.717, 1.165) is 11.3 Å². The van der Waals surface area contributed by atoms with Gasteiger partial charge in [0.15, 0.2) is 0 Å². The third-order valence-corrected chi connectivity index (χ3v) is 4.00. The van der Waals surface area contributed by atoms with Crippen LogP contribution >= 0.6 is 0 Å². The number of anilines is 1. The number of benzene rings is 2. The van der Waals surface area contributed by atoms with Gasteiger partial charge in [0.25, 0.3) is 5.56 Å². The number of phenolic OH excluding ortho intramolecular Hbond substituents is 1. The Balaban J connectivity index is 2.01. The molecule has 2 aromatic carbocycles. The average molecular weight is 336 g/mol. The van der Waals surface area contributed by atoms with Gasteiger partial charge in [-0.05, 0) is 55.3 Å². The van der Waals surface area contributed by atoms with Gasteiger partial charge in [0, 0.05) is 6.54 Å². The lowest BCUT2D eigenvalue weighted by molar-refractivity contribution is 0.475. The van der Waals surface area contributed by atoms with Crippen molar-refractivity contribution < 1.29 is 5.11 Å². The maximum atomic E-state index is 12.6. The molecule has 0 aliphatic rings. The monoisotopic (exact) mass is 336 g/mol. The second-order valence-electron chi connectivity index (χ2n) is 5.57. The van der Waals surface area contributed by atoms with Gasteiger partial charge in [0.05, 0.1) is 16.6 Å². The molecular weight excluding hydrogens is 316 g/mol. The smallest absolute Gasteiger partial charge is 0.262 e. The molecule has 1 heterocycles. The van der Waals surface area contributed by atoms with Crippen LogP contribution in [0.3, 0.4) is 0 Å². The number of nitrogens with one attached hydrogen (secondary N) is 1. The van der Waals surface area contributed by atoms with Crippen molar-refractivity contribution in [1.29, 1.82) is 0 Å². The third kappa shape index (κ3) is 3.38. The number of hydrazone groups is 1. The summed E-state index contributed by atoms with van der Waals surface area (Å²) in [6.45, 7) is 4.39. The summed E-state index contributed by atoms with van der Waals surface area (Å²) >= 11 is 0. The third-order valence-electron chi connectivity index (χ3n) is 4.00. The van der Waals surface area contributed by atoms with E-state index in [-0.39, 0.29) is 11.3 Å². The van der Waals surface area contributed by atoms with Crippen molar-refractivity contribution in [3.8, 4) is 5.75 Å². The molecule has 0 bridgehead atoms. The molecule has 0 fully saturated rings.